The van der Waals surface area contributed by atoms with Crippen molar-refractivity contribution in [3.8, 4) is 18.2 Å². The molecule has 18 heteroatoms. The van der Waals surface area contributed by atoms with Gasteiger partial charge >= 0.3 is 37.3 Å². The van der Waals surface area contributed by atoms with Gasteiger partial charge in [0.25, 0.3) is 0 Å². The van der Waals surface area contributed by atoms with E-state index in [1.165, 1.54) is 35.1 Å². The molecule has 0 bridgehead atoms. The van der Waals surface area contributed by atoms with Crippen LogP contribution < -0.4 is 27.6 Å². The third kappa shape index (κ3) is 24.9. The second kappa shape index (κ2) is 38.4. The molecule has 0 saturated carbocycles. The van der Waals surface area contributed by atoms with Crippen molar-refractivity contribution in [2.45, 2.75) is 149 Å². The number of rotatable bonds is 4. The predicted octanol–water partition coefficient (Wildman–Crippen LogP) is 8.17. The first-order valence-corrected chi connectivity index (χ1v) is 20.7. The molecule has 1 fully saturated rings. The SMILES string of the molecule is C.C.C.C.C.C.C1CCOC1.CC(C)(O)c1ccc(C#N)cc1CO.CC1(C)OCc2cc(C#N)ccc21.CC1(C)OCc2cc(CN)ccc21.N#Cc1ccc2c(c1)COC2=O.O=[P+]([O-])OO.[Br-].[CH3-].[HH].[Mg+2]. The van der Waals surface area contributed by atoms with E-state index in [9.17, 15) is 9.90 Å². The largest absolute Gasteiger partial charge is 2.00 e. The molecular weight excluding hydrogens is 1000 g/mol. The van der Waals surface area contributed by atoms with E-state index in [4.69, 9.17) is 60.3 Å². The van der Waals surface area contributed by atoms with Crippen LogP contribution in [-0.2, 0) is 78.0 Å². The molecule has 1 saturated heterocycles. The minimum atomic E-state index is -3.04. The van der Waals surface area contributed by atoms with Crippen molar-refractivity contribution in [3.05, 3.63) is 147 Å². The number of nitriles is 3. The van der Waals surface area contributed by atoms with E-state index in [2.05, 4.69) is 42.8 Å². The predicted molar refractivity (Wildman–Crippen MR) is 280 cm³/mol. The van der Waals surface area contributed by atoms with Crippen LogP contribution in [0.1, 0.15) is 172 Å². The molecule has 71 heavy (non-hydrogen) atoms. The number of carbonyl (C=O) groups is 1. The summed E-state index contributed by atoms with van der Waals surface area (Å²) in [6.07, 6.45) is 2.56. The number of fused-ring (bicyclic) bond motifs is 3. The number of carbonyl (C=O) groups excluding carboxylic acids is 1. The molecule has 0 amide bonds. The van der Waals surface area contributed by atoms with Crippen LogP contribution in [0.25, 0.3) is 0 Å². The molecule has 4 aromatic rings. The number of nitrogens with zero attached hydrogens (tertiary/aromatic N) is 3. The minimum absolute atomic E-state index is 0. The second-order valence-corrected chi connectivity index (χ2v) is 16.3. The molecule has 394 valence electrons. The van der Waals surface area contributed by atoms with Gasteiger partial charge in [-0.05, 0) is 140 Å². The van der Waals surface area contributed by atoms with E-state index in [0.29, 0.717) is 53.1 Å². The van der Waals surface area contributed by atoms with Crippen LogP contribution in [0, 0.1) is 41.4 Å². The number of aliphatic hydroxyl groups is 2. The second-order valence-electron chi connectivity index (χ2n) is 15.7. The molecule has 4 aliphatic rings. The van der Waals surface area contributed by atoms with Gasteiger partial charge in [-0.1, -0.05) is 74.9 Å². The monoisotopic (exact) mass is 1080 g/mol. The third-order valence-electron chi connectivity index (χ3n) is 9.88. The summed E-state index contributed by atoms with van der Waals surface area (Å²) in [5.74, 6) is -0.297. The minimum Gasteiger partial charge on any atom is -1.00 e. The van der Waals surface area contributed by atoms with Gasteiger partial charge in [-0.15, -0.1) is 0 Å². The normalized spacial score (nSPS) is 13.6. The smallest absolute Gasteiger partial charge is 1.00 e. The zero-order valence-corrected chi connectivity index (χ0v) is 41.7. The molecule has 0 aliphatic carbocycles. The maximum absolute atomic E-state index is 11.0. The standard InChI is InChI=1S/C11H13NO2.C11H15NO.C11H11NO.C9H5NO2.C4H8O.6CH4.CH3.BrH.Mg.HO4P.H2/c1-11(2,14)10-4-3-8(6-12)5-9(10)7-13;2*1-11(2)10-4-3-8(6-12)5-9(10)7-13-11;10-4-6-1-2-8-7(3-6)5-12-9(8)11;1-2-4-5-3-1;;;;;;;;;;1-4-5(2)3;/h3-5,13-14H,7H2,1-2H3;3-5H,6-7,12H2,1-2H3;3-5H,7H2,1-2H3;1-3H,5H2;1-4H2;6*1H4;1H3;1H;;1H;1H/q;;;;;;;;;;;-1;;+2;;/p-1. The van der Waals surface area contributed by atoms with E-state index < -0.39 is 13.9 Å². The van der Waals surface area contributed by atoms with Crippen molar-refractivity contribution in [1.82, 2.24) is 0 Å². The van der Waals surface area contributed by atoms with E-state index in [-0.39, 0.29) is 117 Å². The molecule has 15 nitrogen and oxygen atoms in total. The number of nitrogens with two attached hydrogens (primary N) is 1. The Balaban J connectivity index is -0.000000114. The van der Waals surface area contributed by atoms with Gasteiger partial charge in [-0.2, -0.15) is 15.8 Å². The van der Waals surface area contributed by atoms with E-state index in [1.807, 2.05) is 44.2 Å². The van der Waals surface area contributed by atoms with Crippen molar-refractivity contribution < 1.29 is 71.8 Å². The quantitative estimate of drug-likeness (QED) is 0.0375. The Bertz CT molecular complexity index is 2320. The average molecular weight is 1090 g/mol. The van der Waals surface area contributed by atoms with Gasteiger partial charge in [0.15, 0.2) is 0 Å². The molecule has 4 aromatic carbocycles. The number of cyclic esters (lactones) is 1. The zero-order valence-electron chi connectivity index (χ0n) is 37.9. The molecule has 1 unspecified atom stereocenters. The van der Waals surface area contributed by atoms with Crippen LogP contribution >= 0.6 is 8.25 Å². The van der Waals surface area contributed by atoms with Gasteiger partial charge in [0, 0.05) is 31.4 Å². The van der Waals surface area contributed by atoms with Gasteiger partial charge in [0.1, 0.15) is 6.61 Å². The van der Waals surface area contributed by atoms with Crippen LogP contribution in [0.5, 0.6) is 0 Å². The summed E-state index contributed by atoms with van der Waals surface area (Å²) < 4.78 is 32.6. The Hall–Kier alpha value is -4.19. The van der Waals surface area contributed by atoms with Crippen LogP contribution in [-0.4, -0.2) is 57.7 Å². The number of halogens is 1. The molecule has 0 aromatic heterocycles. The fraction of sp³-hybridized carbons (Fsp3) is 0.453. The summed E-state index contributed by atoms with van der Waals surface area (Å²) in [4.78, 5) is 19.9. The summed E-state index contributed by atoms with van der Waals surface area (Å²) in [5, 5.41) is 51.8. The number of benzene rings is 4. The fourth-order valence-corrected chi connectivity index (χ4v) is 6.63. The Labute approximate surface area is 455 Å². The van der Waals surface area contributed by atoms with Crippen LogP contribution in [0.2, 0.25) is 0 Å². The topological polar surface area (TPSA) is 261 Å². The van der Waals surface area contributed by atoms with Gasteiger partial charge in [-0.25, -0.2) is 10.1 Å². The van der Waals surface area contributed by atoms with E-state index in [1.54, 1.807) is 50.2 Å². The Kier molecular flexibility index (Phi) is 43.8. The molecule has 0 spiro atoms. The van der Waals surface area contributed by atoms with E-state index in [0.717, 1.165) is 30.9 Å². The molecule has 4 aliphatic heterocycles. The van der Waals surface area contributed by atoms with Crippen LogP contribution in [0.4, 0.5) is 0 Å². The number of hydrogen-bond acceptors (Lipinski definition) is 15. The van der Waals surface area contributed by atoms with Gasteiger partial charge in [0.05, 0.1) is 77.1 Å². The van der Waals surface area contributed by atoms with Crippen molar-refractivity contribution in [3.63, 3.8) is 0 Å². The van der Waals surface area contributed by atoms with Crippen molar-refractivity contribution in [1.29, 1.82) is 15.8 Å². The molecular formula is C53H82BrMgN4O11P. The first-order valence-electron chi connectivity index (χ1n) is 19.6. The van der Waals surface area contributed by atoms with E-state index >= 15 is 0 Å². The van der Waals surface area contributed by atoms with Gasteiger partial charge < -0.3 is 64.2 Å². The molecule has 4 heterocycles. The first-order chi connectivity index (χ1) is 29.3. The summed E-state index contributed by atoms with van der Waals surface area (Å²) in [5.41, 5.74) is 14.8. The summed E-state index contributed by atoms with van der Waals surface area (Å²) in [6.45, 7) is 15.7. The maximum Gasteiger partial charge on any atom is 2.00 e. The summed E-state index contributed by atoms with van der Waals surface area (Å²) in [7, 11) is -3.04. The summed E-state index contributed by atoms with van der Waals surface area (Å²) >= 11 is 0. The van der Waals surface area contributed by atoms with Crippen molar-refractivity contribution >= 4 is 37.3 Å². The van der Waals surface area contributed by atoms with Crippen LogP contribution in [0.15, 0.2) is 72.8 Å². The maximum atomic E-state index is 11.0. The molecule has 0 radical (unpaired) electrons. The van der Waals surface area contributed by atoms with Gasteiger partial charge in [-0.3, -0.25) is 0 Å². The Morgan fingerprint density at radius 1 is 0.761 bits per heavy atom. The Morgan fingerprint density at radius 3 is 1.59 bits per heavy atom. The van der Waals surface area contributed by atoms with Gasteiger partial charge in [0.2, 0.25) is 0 Å². The number of hydrogen-bond donors (Lipinski definition) is 4. The van der Waals surface area contributed by atoms with Crippen molar-refractivity contribution in [2.75, 3.05) is 13.2 Å². The number of aliphatic hydroxyl groups excluding tert-OH is 1. The zero-order chi connectivity index (χ0) is 46.1. The molecule has 8 rings (SSSR count). The molecule has 5 N–H and O–H groups in total. The first kappa shape index (κ1) is 80.9. The fourth-order valence-electron chi connectivity index (χ4n) is 6.63. The average Bonchev–Trinajstić information content (AvgIpc) is 4.09. The summed E-state index contributed by atoms with van der Waals surface area (Å²) in [6, 6.07) is 28.0. The van der Waals surface area contributed by atoms with Crippen molar-refractivity contribution in [2.24, 2.45) is 5.73 Å². The number of esters is 1. The van der Waals surface area contributed by atoms with Crippen LogP contribution in [0.3, 0.4) is 0 Å². The third-order valence-corrected chi connectivity index (χ3v) is 10.0. The number of ether oxygens (including phenoxy) is 4. The Morgan fingerprint density at radius 2 is 1.18 bits per heavy atom. The molecule has 1 atom stereocenters.